The van der Waals surface area contributed by atoms with E-state index in [0.717, 1.165) is 5.56 Å². The van der Waals surface area contributed by atoms with Gasteiger partial charge < -0.3 is 25.4 Å². The molecule has 0 fully saturated rings. The van der Waals surface area contributed by atoms with Crippen molar-refractivity contribution in [1.29, 1.82) is 0 Å². The van der Waals surface area contributed by atoms with E-state index < -0.39 is 0 Å². The van der Waals surface area contributed by atoms with Gasteiger partial charge in [-0.05, 0) is 29.8 Å². The van der Waals surface area contributed by atoms with Crippen LogP contribution in [0.15, 0.2) is 54.6 Å². The van der Waals surface area contributed by atoms with Crippen LogP contribution in [0.2, 0.25) is 0 Å². The normalized spacial score (nSPS) is 10.5. The summed E-state index contributed by atoms with van der Waals surface area (Å²) in [6, 6.07) is 15.9. The molecule has 0 saturated carbocycles. The Labute approximate surface area is 150 Å². The van der Waals surface area contributed by atoms with E-state index in [2.05, 4.69) is 9.97 Å². The molecule has 3 rings (SSSR count). The van der Waals surface area contributed by atoms with Crippen molar-refractivity contribution in [2.75, 3.05) is 18.9 Å². The molecule has 0 radical (unpaired) electrons. The van der Waals surface area contributed by atoms with Crippen LogP contribution in [0.3, 0.4) is 0 Å². The van der Waals surface area contributed by atoms with E-state index in [-0.39, 0.29) is 36.4 Å². The van der Waals surface area contributed by atoms with Crippen LogP contribution in [0, 0.1) is 0 Å². The van der Waals surface area contributed by atoms with E-state index in [1.165, 1.54) is 0 Å². The molecular formula is C19H19N3O4. The van der Waals surface area contributed by atoms with E-state index in [1.807, 2.05) is 24.3 Å². The van der Waals surface area contributed by atoms with Gasteiger partial charge in [0, 0.05) is 6.42 Å². The van der Waals surface area contributed by atoms with Crippen LogP contribution in [-0.4, -0.2) is 33.4 Å². The number of para-hydroxylation sites is 1. The molecule has 7 heteroatoms. The first-order valence-electron chi connectivity index (χ1n) is 8.06. The summed E-state index contributed by atoms with van der Waals surface area (Å²) in [7, 11) is 0. The molecule has 134 valence electrons. The third-order valence-corrected chi connectivity index (χ3v) is 3.47. The summed E-state index contributed by atoms with van der Waals surface area (Å²) in [4.78, 5) is 8.64. The summed E-state index contributed by atoms with van der Waals surface area (Å²) in [5, 5.41) is 18.6. The summed E-state index contributed by atoms with van der Waals surface area (Å²) in [5.41, 5.74) is 6.89. The number of nitrogens with two attached hydrogens (primary N) is 1. The second-order valence-corrected chi connectivity index (χ2v) is 5.49. The molecule has 0 aliphatic carbocycles. The standard InChI is InChI=1S/C19H19N3O4/c20-18-17(26-15-7-2-1-3-8-15)19(25-10-9-23)22-16(21-18)12-13-5-4-6-14(24)11-13/h1-8,11,23-24H,9-10,12H2,(H2,20,21,22). The second kappa shape index (κ2) is 8.17. The predicted molar refractivity (Wildman–Crippen MR) is 96.5 cm³/mol. The first-order valence-corrected chi connectivity index (χ1v) is 8.06. The summed E-state index contributed by atoms with van der Waals surface area (Å²) in [6.45, 7) is -0.121. The van der Waals surface area contributed by atoms with Crippen LogP contribution >= 0.6 is 0 Å². The fourth-order valence-corrected chi connectivity index (χ4v) is 2.36. The van der Waals surface area contributed by atoms with Gasteiger partial charge >= 0.3 is 0 Å². The van der Waals surface area contributed by atoms with Gasteiger partial charge in [0.1, 0.15) is 23.9 Å². The highest BCUT2D eigenvalue weighted by molar-refractivity contribution is 5.54. The lowest BCUT2D eigenvalue weighted by atomic mass is 10.1. The van der Waals surface area contributed by atoms with Crippen molar-refractivity contribution in [1.82, 2.24) is 9.97 Å². The third kappa shape index (κ3) is 4.40. The summed E-state index contributed by atoms with van der Waals surface area (Å²) >= 11 is 0. The first kappa shape index (κ1) is 17.5. The molecule has 0 unspecified atom stereocenters. The van der Waals surface area contributed by atoms with Crippen LogP contribution in [0.1, 0.15) is 11.4 Å². The highest BCUT2D eigenvalue weighted by Gasteiger charge is 2.17. The van der Waals surface area contributed by atoms with Crippen molar-refractivity contribution in [2.45, 2.75) is 6.42 Å². The molecule has 1 aromatic heterocycles. The number of phenolic OH excluding ortho intramolecular Hbond substituents is 1. The maximum absolute atomic E-state index is 9.59. The monoisotopic (exact) mass is 353 g/mol. The molecule has 26 heavy (non-hydrogen) atoms. The summed E-state index contributed by atoms with van der Waals surface area (Å²) < 4.78 is 11.3. The maximum atomic E-state index is 9.59. The average molecular weight is 353 g/mol. The van der Waals surface area contributed by atoms with E-state index in [1.54, 1.807) is 30.3 Å². The zero-order valence-electron chi connectivity index (χ0n) is 14.0. The number of anilines is 1. The number of benzene rings is 2. The number of aromatic nitrogens is 2. The van der Waals surface area contributed by atoms with Gasteiger partial charge in [0.15, 0.2) is 5.82 Å². The number of aliphatic hydroxyl groups excluding tert-OH is 1. The fourth-order valence-electron chi connectivity index (χ4n) is 2.36. The van der Waals surface area contributed by atoms with Crippen molar-refractivity contribution in [3.8, 4) is 23.1 Å². The quantitative estimate of drug-likeness (QED) is 0.598. The summed E-state index contributed by atoms with van der Waals surface area (Å²) in [5.74, 6) is 1.64. The average Bonchev–Trinajstić information content (AvgIpc) is 2.63. The highest BCUT2D eigenvalue weighted by atomic mass is 16.5. The van der Waals surface area contributed by atoms with Gasteiger partial charge in [-0.3, -0.25) is 0 Å². The number of phenols is 1. The molecule has 0 saturated heterocycles. The Morgan fingerprint density at radius 2 is 1.81 bits per heavy atom. The molecule has 1 heterocycles. The number of ether oxygens (including phenoxy) is 2. The van der Waals surface area contributed by atoms with Crippen molar-refractivity contribution >= 4 is 5.82 Å². The maximum Gasteiger partial charge on any atom is 0.263 e. The Hall–Kier alpha value is -3.32. The van der Waals surface area contributed by atoms with Crippen LogP contribution in [0.25, 0.3) is 0 Å². The first-order chi connectivity index (χ1) is 12.7. The number of aliphatic hydroxyl groups is 1. The molecule has 0 atom stereocenters. The van der Waals surface area contributed by atoms with E-state index in [0.29, 0.717) is 18.0 Å². The number of nitrogens with zero attached hydrogens (tertiary/aromatic N) is 2. The van der Waals surface area contributed by atoms with Gasteiger partial charge in [-0.25, -0.2) is 4.98 Å². The lowest BCUT2D eigenvalue weighted by molar-refractivity contribution is 0.192. The predicted octanol–water partition coefficient (Wildman–Crippen LogP) is 2.52. The molecule has 7 nitrogen and oxygen atoms in total. The smallest absolute Gasteiger partial charge is 0.263 e. The van der Waals surface area contributed by atoms with Crippen molar-refractivity contribution in [3.05, 3.63) is 66.0 Å². The van der Waals surface area contributed by atoms with Gasteiger partial charge in [0.05, 0.1) is 6.61 Å². The minimum Gasteiger partial charge on any atom is -0.508 e. The Bertz CT molecular complexity index is 872. The molecule has 0 aliphatic heterocycles. The molecule has 4 N–H and O–H groups in total. The molecule has 2 aromatic carbocycles. The van der Waals surface area contributed by atoms with Gasteiger partial charge in [-0.2, -0.15) is 4.98 Å². The Morgan fingerprint density at radius 1 is 1.00 bits per heavy atom. The fraction of sp³-hybridized carbons (Fsp3) is 0.158. The number of hydrogen-bond acceptors (Lipinski definition) is 7. The van der Waals surface area contributed by atoms with Gasteiger partial charge in [-0.1, -0.05) is 30.3 Å². The molecule has 3 aromatic rings. The van der Waals surface area contributed by atoms with Crippen molar-refractivity contribution < 1.29 is 19.7 Å². The zero-order valence-corrected chi connectivity index (χ0v) is 14.0. The van der Waals surface area contributed by atoms with E-state index in [9.17, 15) is 5.11 Å². The largest absolute Gasteiger partial charge is 0.508 e. The molecular weight excluding hydrogens is 334 g/mol. The zero-order chi connectivity index (χ0) is 18.4. The molecule has 0 aliphatic rings. The Balaban J connectivity index is 1.91. The second-order valence-electron chi connectivity index (χ2n) is 5.49. The topological polar surface area (TPSA) is 111 Å². The van der Waals surface area contributed by atoms with E-state index in [4.69, 9.17) is 20.3 Å². The van der Waals surface area contributed by atoms with Gasteiger partial charge in [0.2, 0.25) is 5.75 Å². The molecule has 0 spiro atoms. The number of hydrogen-bond donors (Lipinski definition) is 3. The Kier molecular flexibility index (Phi) is 5.50. The van der Waals surface area contributed by atoms with Crippen LogP contribution in [0.5, 0.6) is 23.1 Å². The number of rotatable bonds is 7. The van der Waals surface area contributed by atoms with Crippen LogP contribution in [0.4, 0.5) is 5.82 Å². The lowest BCUT2D eigenvalue weighted by Gasteiger charge is -2.14. The third-order valence-electron chi connectivity index (χ3n) is 3.47. The number of aromatic hydroxyl groups is 1. The van der Waals surface area contributed by atoms with Crippen LogP contribution in [-0.2, 0) is 6.42 Å². The summed E-state index contributed by atoms with van der Waals surface area (Å²) in [6.07, 6.45) is 0.361. The van der Waals surface area contributed by atoms with Crippen molar-refractivity contribution in [2.24, 2.45) is 0 Å². The van der Waals surface area contributed by atoms with Crippen LogP contribution < -0.4 is 15.2 Å². The van der Waals surface area contributed by atoms with Gasteiger partial charge in [0.25, 0.3) is 5.88 Å². The SMILES string of the molecule is Nc1nc(Cc2cccc(O)c2)nc(OCCO)c1Oc1ccccc1. The lowest BCUT2D eigenvalue weighted by Crippen LogP contribution is -2.10. The minimum atomic E-state index is -0.170. The van der Waals surface area contributed by atoms with Crippen molar-refractivity contribution in [3.63, 3.8) is 0 Å². The van der Waals surface area contributed by atoms with E-state index >= 15 is 0 Å². The van der Waals surface area contributed by atoms with Gasteiger partial charge in [-0.15, -0.1) is 0 Å². The number of nitrogen functional groups attached to an aromatic ring is 1. The highest BCUT2D eigenvalue weighted by Crippen LogP contribution is 2.35. The Morgan fingerprint density at radius 3 is 2.54 bits per heavy atom. The molecule has 0 amide bonds. The minimum absolute atomic E-state index is 0.0488. The molecule has 0 bridgehead atoms.